The molecular weight excluding hydrogens is 283 g/mol. The third-order valence-corrected chi connectivity index (χ3v) is 3.55. The summed E-state index contributed by atoms with van der Waals surface area (Å²) in [6.45, 7) is 2.30. The number of piperazine rings is 1. The van der Waals surface area contributed by atoms with E-state index in [1.54, 1.807) is 18.2 Å². The first-order chi connectivity index (χ1) is 9.76. The molecule has 0 atom stereocenters. The summed E-state index contributed by atoms with van der Waals surface area (Å²) in [5.41, 5.74) is 7.54. The van der Waals surface area contributed by atoms with Gasteiger partial charge < -0.3 is 10.6 Å². The standard InChI is InChI=1S/C14H18F3N3O/c1-10(21)12-3-2-11(8-13(12)18)20-6-4-19(5-7-20)9-14(15,16)17/h2-3,8H,4-7,9,18H2,1H3. The molecule has 21 heavy (non-hydrogen) atoms. The predicted octanol–water partition coefficient (Wildman–Crippen LogP) is 2.16. The fourth-order valence-corrected chi connectivity index (χ4v) is 2.49. The molecule has 2 rings (SSSR count). The molecule has 0 unspecified atom stereocenters. The van der Waals surface area contributed by atoms with Gasteiger partial charge in [-0.1, -0.05) is 0 Å². The van der Waals surface area contributed by atoms with Crippen molar-refractivity contribution in [2.75, 3.05) is 43.4 Å². The number of halogens is 3. The van der Waals surface area contributed by atoms with Gasteiger partial charge in [0, 0.05) is 43.1 Å². The molecule has 0 aliphatic carbocycles. The topological polar surface area (TPSA) is 49.6 Å². The van der Waals surface area contributed by atoms with Crippen LogP contribution in [0.1, 0.15) is 17.3 Å². The summed E-state index contributed by atoms with van der Waals surface area (Å²) >= 11 is 0. The summed E-state index contributed by atoms with van der Waals surface area (Å²) in [6.07, 6.45) is -4.16. The maximum Gasteiger partial charge on any atom is 0.401 e. The molecule has 0 amide bonds. The van der Waals surface area contributed by atoms with Crippen LogP contribution >= 0.6 is 0 Å². The third kappa shape index (κ3) is 4.10. The van der Waals surface area contributed by atoms with E-state index >= 15 is 0 Å². The van der Waals surface area contributed by atoms with Gasteiger partial charge in [-0.3, -0.25) is 9.69 Å². The average Bonchev–Trinajstić information content (AvgIpc) is 2.37. The van der Waals surface area contributed by atoms with Gasteiger partial charge in [-0.2, -0.15) is 13.2 Å². The second kappa shape index (κ2) is 5.93. The van der Waals surface area contributed by atoms with Crippen molar-refractivity contribution in [2.24, 2.45) is 0 Å². The molecule has 1 heterocycles. The molecule has 1 aromatic rings. The summed E-state index contributed by atoms with van der Waals surface area (Å²) < 4.78 is 37.0. The zero-order valence-corrected chi connectivity index (χ0v) is 11.8. The van der Waals surface area contributed by atoms with Crippen LogP contribution in [0.4, 0.5) is 24.5 Å². The van der Waals surface area contributed by atoms with Crippen molar-refractivity contribution < 1.29 is 18.0 Å². The number of nitrogens with two attached hydrogens (primary N) is 1. The molecule has 0 saturated carbocycles. The maximum atomic E-state index is 12.3. The van der Waals surface area contributed by atoms with Gasteiger partial charge in [0.25, 0.3) is 0 Å². The normalized spacial score (nSPS) is 17.0. The minimum atomic E-state index is -4.16. The van der Waals surface area contributed by atoms with Crippen LogP contribution in [0.15, 0.2) is 18.2 Å². The van der Waals surface area contributed by atoms with Crippen molar-refractivity contribution in [3.8, 4) is 0 Å². The Kier molecular flexibility index (Phi) is 4.41. The zero-order valence-electron chi connectivity index (χ0n) is 11.8. The lowest BCUT2D eigenvalue weighted by Gasteiger charge is -2.36. The fourth-order valence-electron chi connectivity index (χ4n) is 2.49. The molecule has 1 aromatic carbocycles. The lowest BCUT2D eigenvalue weighted by molar-refractivity contribution is -0.146. The molecule has 0 bridgehead atoms. The molecule has 4 nitrogen and oxygen atoms in total. The number of carbonyl (C=O) groups is 1. The molecule has 7 heteroatoms. The number of rotatable bonds is 3. The van der Waals surface area contributed by atoms with E-state index in [1.165, 1.54) is 11.8 Å². The summed E-state index contributed by atoms with van der Waals surface area (Å²) in [4.78, 5) is 14.7. The molecular formula is C14H18F3N3O. The van der Waals surface area contributed by atoms with Gasteiger partial charge in [0.15, 0.2) is 5.78 Å². The number of hydrogen-bond acceptors (Lipinski definition) is 4. The number of nitrogens with zero attached hydrogens (tertiary/aromatic N) is 2. The van der Waals surface area contributed by atoms with Crippen LogP contribution in [0, 0.1) is 0 Å². The van der Waals surface area contributed by atoms with E-state index in [9.17, 15) is 18.0 Å². The van der Waals surface area contributed by atoms with Gasteiger partial charge in [0.1, 0.15) is 0 Å². The first-order valence-electron chi connectivity index (χ1n) is 6.71. The third-order valence-electron chi connectivity index (χ3n) is 3.55. The highest BCUT2D eigenvalue weighted by Crippen LogP contribution is 2.24. The summed E-state index contributed by atoms with van der Waals surface area (Å²) in [7, 11) is 0. The van der Waals surface area contributed by atoms with Gasteiger partial charge in [-0.15, -0.1) is 0 Å². The number of ketones is 1. The molecule has 1 aliphatic rings. The Morgan fingerprint density at radius 1 is 1.24 bits per heavy atom. The molecule has 0 aromatic heterocycles. The Bertz CT molecular complexity index is 523. The molecule has 0 spiro atoms. The van der Waals surface area contributed by atoms with Crippen LogP contribution in [0.3, 0.4) is 0 Å². The average molecular weight is 301 g/mol. The number of nitrogen functional groups attached to an aromatic ring is 1. The van der Waals surface area contributed by atoms with E-state index in [0.717, 1.165) is 5.69 Å². The molecule has 116 valence electrons. The van der Waals surface area contributed by atoms with Gasteiger partial charge in [0.05, 0.1) is 6.54 Å². The van der Waals surface area contributed by atoms with Gasteiger partial charge in [-0.25, -0.2) is 0 Å². The van der Waals surface area contributed by atoms with Crippen LogP contribution in [-0.2, 0) is 0 Å². The Morgan fingerprint density at radius 3 is 2.33 bits per heavy atom. The van der Waals surface area contributed by atoms with Crippen molar-refractivity contribution in [2.45, 2.75) is 13.1 Å². The highest BCUT2D eigenvalue weighted by Gasteiger charge is 2.32. The largest absolute Gasteiger partial charge is 0.401 e. The SMILES string of the molecule is CC(=O)c1ccc(N2CCN(CC(F)(F)F)CC2)cc1N. The van der Waals surface area contributed by atoms with E-state index < -0.39 is 12.7 Å². The summed E-state index contributed by atoms with van der Waals surface area (Å²) in [5.74, 6) is -0.103. The lowest BCUT2D eigenvalue weighted by Crippen LogP contribution is -2.49. The fraction of sp³-hybridized carbons (Fsp3) is 0.500. The number of anilines is 2. The first-order valence-corrected chi connectivity index (χ1v) is 6.71. The predicted molar refractivity (Wildman–Crippen MR) is 75.6 cm³/mol. The van der Waals surface area contributed by atoms with E-state index in [4.69, 9.17) is 5.73 Å². The first kappa shape index (κ1) is 15.6. The van der Waals surface area contributed by atoms with Crippen molar-refractivity contribution in [3.63, 3.8) is 0 Å². The van der Waals surface area contributed by atoms with Gasteiger partial charge in [-0.05, 0) is 25.1 Å². The smallest absolute Gasteiger partial charge is 0.398 e. The quantitative estimate of drug-likeness (QED) is 0.686. The zero-order chi connectivity index (χ0) is 15.6. The van der Waals surface area contributed by atoms with Crippen molar-refractivity contribution >= 4 is 17.2 Å². The van der Waals surface area contributed by atoms with E-state index in [-0.39, 0.29) is 5.78 Å². The second-order valence-corrected chi connectivity index (χ2v) is 5.21. The number of Topliss-reactive ketones (excluding diaryl/α,β-unsaturated/α-hetero) is 1. The summed E-state index contributed by atoms with van der Waals surface area (Å²) in [6, 6.07) is 5.15. The van der Waals surface area contributed by atoms with Crippen molar-refractivity contribution in [1.29, 1.82) is 0 Å². The minimum absolute atomic E-state index is 0.103. The summed E-state index contributed by atoms with van der Waals surface area (Å²) in [5, 5.41) is 0. The van der Waals surface area contributed by atoms with Crippen LogP contribution in [0.5, 0.6) is 0 Å². The monoisotopic (exact) mass is 301 g/mol. The Balaban J connectivity index is 1.99. The molecule has 1 aliphatic heterocycles. The molecule has 1 saturated heterocycles. The van der Waals surface area contributed by atoms with E-state index in [1.807, 2.05) is 4.90 Å². The number of hydrogen-bond donors (Lipinski definition) is 1. The number of alkyl halides is 3. The van der Waals surface area contributed by atoms with Crippen LogP contribution in [0.25, 0.3) is 0 Å². The number of carbonyl (C=O) groups excluding carboxylic acids is 1. The van der Waals surface area contributed by atoms with Crippen LogP contribution < -0.4 is 10.6 Å². The second-order valence-electron chi connectivity index (χ2n) is 5.21. The Morgan fingerprint density at radius 2 is 1.86 bits per heavy atom. The molecule has 1 fully saturated rings. The molecule has 2 N–H and O–H groups in total. The Hall–Kier alpha value is -1.76. The van der Waals surface area contributed by atoms with Gasteiger partial charge in [0.2, 0.25) is 0 Å². The highest BCUT2D eigenvalue weighted by atomic mass is 19.4. The van der Waals surface area contributed by atoms with Crippen LogP contribution in [0.2, 0.25) is 0 Å². The van der Waals surface area contributed by atoms with Crippen molar-refractivity contribution in [1.82, 2.24) is 4.90 Å². The minimum Gasteiger partial charge on any atom is -0.398 e. The Labute approximate surface area is 121 Å². The molecule has 0 radical (unpaired) electrons. The van der Waals surface area contributed by atoms with Crippen molar-refractivity contribution in [3.05, 3.63) is 23.8 Å². The van der Waals surface area contributed by atoms with E-state index in [0.29, 0.717) is 37.4 Å². The maximum absolute atomic E-state index is 12.3. The number of benzene rings is 1. The lowest BCUT2D eigenvalue weighted by atomic mass is 10.1. The highest BCUT2D eigenvalue weighted by molar-refractivity contribution is 5.99. The van der Waals surface area contributed by atoms with Crippen LogP contribution in [-0.4, -0.2) is 49.6 Å². The van der Waals surface area contributed by atoms with Gasteiger partial charge >= 0.3 is 6.18 Å². The van der Waals surface area contributed by atoms with E-state index in [2.05, 4.69) is 0 Å².